The molecule has 0 saturated carbocycles. The molecule has 3 nitrogen and oxygen atoms in total. The van der Waals surface area contributed by atoms with E-state index in [0.717, 1.165) is 18.0 Å². The summed E-state index contributed by atoms with van der Waals surface area (Å²) >= 11 is 0. The van der Waals surface area contributed by atoms with Crippen molar-refractivity contribution >= 4 is 5.69 Å². The van der Waals surface area contributed by atoms with Crippen LogP contribution in [0.4, 0.5) is 5.69 Å². The first-order chi connectivity index (χ1) is 9.85. The van der Waals surface area contributed by atoms with Gasteiger partial charge in [0.25, 0.3) is 0 Å². The third kappa shape index (κ3) is 2.87. The van der Waals surface area contributed by atoms with Gasteiger partial charge in [-0.25, -0.2) is 0 Å². The standard InChI is InChI=1S/C17H19NO2/c1-19-15-5-2-6-16(11-15)20-12-13-7-8-14-4-3-9-18-17(14)10-13/h2,5-8,10-11,18H,3-4,9,12H2,1H3. The van der Waals surface area contributed by atoms with Crippen molar-refractivity contribution in [2.24, 2.45) is 0 Å². The SMILES string of the molecule is COc1cccc(OCc2ccc3c(c2)NCCC3)c1. The van der Waals surface area contributed by atoms with Gasteiger partial charge in [-0.1, -0.05) is 18.2 Å². The Bertz CT molecular complexity index is 595. The highest BCUT2D eigenvalue weighted by Crippen LogP contribution is 2.24. The summed E-state index contributed by atoms with van der Waals surface area (Å²) in [6.07, 6.45) is 2.38. The number of anilines is 1. The third-order valence-electron chi connectivity index (χ3n) is 3.56. The molecule has 1 heterocycles. The largest absolute Gasteiger partial charge is 0.497 e. The van der Waals surface area contributed by atoms with Crippen LogP contribution in [0.25, 0.3) is 0 Å². The topological polar surface area (TPSA) is 30.5 Å². The Kier molecular flexibility index (Phi) is 3.77. The number of benzene rings is 2. The highest BCUT2D eigenvalue weighted by molar-refractivity contribution is 5.54. The van der Waals surface area contributed by atoms with Crippen LogP contribution in [0.3, 0.4) is 0 Å². The lowest BCUT2D eigenvalue weighted by molar-refractivity contribution is 0.303. The fraction of sp³-hybridized carbons (Fsp3) is 0.294. The number of nitrogens with one attached hydrogen (secondary N) is 1. The number of ether oxygens (including phenoxy) is 2. The van der Waals surface area contributed by atoms with Gasteiger partial charge < -0.3 is 14.8 Å². The zero-order valence-electron chi connectivity index (χ0n) is 11.7. The molecule has 3 rings (SSSR count). The van der Waals surface area contributed by atoms with E-state index in [1.807, 2.05) is 24.3 Å². The van der Waals surface area contributed by atoms with E-state index in [4.69, 9.17) is 9.47 Å². The van der Waals surface area contributed by atoms with E-state index in [0.29, 0.717) is 6.61 Å². The van der Waals surface area contributed by atoms with E-state index < -0.39 is 0 Å². The van der Waals surface area contributed by atoms with Gasteiger partial charge in [-0.05, 0) is 42.2 Å². The van der Waals surface area contributed by atoms with E-state index >= 15 is 0 Å². The maximum Gasteiger partial charge on any atom is 0.123 e. The molecule has 104 valence electrons. The molecular formula is C17H19NO2. The van der Waals surface area contributed by atoms with Crippen LogP contribution in [0, 0.1) is 0 Å². The lowest BCUT2D eigenvalue weighted by Gasteiger charge is -2.18. The number of fused-ring (bicyclic) bond motifs is 1. The fourth-order valence-electron chi connectivity index (χ4n) is 2.46. The van der Waals surface area contributed by atoms with Crippen molar-refractivity contribution < 1.29 is 9.47 Å². The summed E-state index contributed by atoms with van der Waals surface area (Å²) in [5.74, 6) is 1.64. The van der Waals surface area contributed by atoms with E-state index in [9.17, 15) is 0 Å². The van der Waals surface area contributed by atoms with E-state index in [1.165, 1.54) is 29.7 Å². The first-order valence-corrected chi connectivity index (χ1v) is 6.98. The lowest BCUT2D eigenvalue weighted by atomic mass is 10.0. The lowest BCUT2D eigenvalue weighted by Crippen LogP contribution is -2.12. The average Bonchev–Trinajstić information content (AvgIpc) is 2.53. The van der Waals surface area contributed by atoms with Crippen molar-refractivity contribution in [1.82, 2.24) is 0 Å². The zero-order chi connectivity index (χ0) is 13.8. The molecule has 1 aliphatic rings. The van der Waals surface area contributed by atoms with Gasteiger partial charge in [0.1, 0.15) is 18.1 Å². The minimum Gasteiger partial charge on any atom is -0.497 e. The summed E-state index contributed by atoms with van der Waals surface area (Å²) in [6, 6.07) is 14.2. The van der Waals surface area contributed by atoms with Crippen molar-refractivity contribution in [3.63, 3.8) is 0 Å². The Labute approximate surface area is 119 Å². The molecule has 0 aliphatic carbocycles. The summed E-state index contributed by atoms with van der Waals surface area (Å²) in [5.41, 5.74) is 3.84. The predicted molar refractivity (Wildman–Crippen MR) is 80.6 cm³/mol. The van der Waals surface area contributed by atoms with Crippen molar-refractivity contribution in [2.75, 3.05) is 19.0 Å². The van der Waals surface area contributed by atoms with E-state index in [2.05, 4.69) is 23.5 Å². The van der Waals surface area contributed by atoms with Crippen LogP contribution in [0.2, 0.25) is 0 Å². The van der Waals surface area contributed by atoms with Gasteiger partial charge in [0.05, 0.1) is 7.11 Å². The quantitative estimate of drug-likeness (QED) is 0.919. The molecule has 2 aromatic rings. The summed E-state index contributed by atoms with van der Waals surface area (Å²) in [5, 5.41) is 3.44. The third-order valence-corrected chi connectivity index (χ3v) is 3.56. The molecule has 1 aliphatic heterocycles. The van der Waals surface area contributed by atoms with Gasteiger partial charge in [-0.15, -0.1) is 0 Å². The molecule has 0 spiro atoms. The van der Waals surface area contributed by atoms with Crippen LogP contribution in [-0.2, 0) is 13.0 Å². The molecule has 0 atom stereocenters. The molecule has 20 heavy (non-hydrogen) atoms. The molecule has 3 heteroatoms. The Morgan fingerprint density at radius 1 is 1.10 bits per heavy atom. The smallest absolute Gasteiger partial charge is 0.123 e. The van der Waals surface area contributed by atoms with Gasteiger partial charge in [0, 0.05) is 18.3 Å². The molecule has 1 N–H and O–H groups in total. The van der Waals surface area contributed by atoms with E-state index in [-0.39, 0.29) is 0 Å². The van der Waals surface area contributed by atoms with Crippen molar-refractivity contribution in [1.29, 1.82) is 0 Å². The van der Waals surface area contributed by atoms with Gasteiger partial charge >= 0.3 is 0 Å². The summed E-state index contributed by atoms with van der Waals surface area (Å²) in [7, 11) is 1.66. The number of aryl methyl sites for hydroxylation is 1. The molecule has 0 bridgehead atoms. The zero-order valence-corrected chi connectivity index (χ0v) is 11.7. The molecule has 0 radical (unpaired) electrons. The van der Waals surface area contributed by atoms with Crippen molar-refractivity contribution in [3.05, 3.63) is 53.6 Å². The Morgan fingerprint density at radius 2 is 2.00 bits per heavy atom. The van der Waals surface area contributed by atoms with Crippen molar-refractivity contribution in [3.8, 4) is 11.5 Å². The summed E-state index contributed by atoms with van der Waals surface area (Å²) in [4.78, 5) is 0. The predicted octanol–water partition coefficient (Wildman–Crippen LogP) is 3.63. The highest BCUT2D eigenvalue weighted by Gasteiger charge is 2.08. The number of methoxy groups -OCH3 is 1. The van der Waals surface area contributed by atoms with Gasteiger partial charge in [-0.3, -0.25) is 0 Å². The molecule has 0 unspecified atom stereocenters. The van der Waals surface area contributed by atoms with Crippen LogP contribution in [0.5, 0.6) is 11.5 Å². The molecule has 2 aromatic carbocycles. The molecular weight excluding hydrogens is 250 g/mol. The second-order valence-corrected chi connectivity index (χ2v) is 4.99. The van der Waals surface area contributed by atoms with Gasteiger partial charge in [0.2, 0.25) is 0 Å². The summed E-state index contributed by atoms with van der Waals surface area (Å²) in [6.45, 7) is 1.63. The first kappa shape index (κ1) is 12.9. The summed E-state index contributed by atoms with van der Waals surface area (Å²) < 4.78 is 11.0. The first-order valence-electron chi connectivity index (χ1n) is 6.98. The second-order valence-electron chi connectivity index (χ2n) is 4.99. The number of hydrogen-bond donors (Lipinski definition) is 1. The Hall–Kier alpha value is -2.16. The molecule has 0 amide bonds. The van der Waals surface area contributed by atoms with Gasteiger partial charge in [-0.2, -0.15) is 0 Å². The van der Waals surface area contributed by atoms with Gasteiger partial charge in [0.15, 0.2) is 0 Å². The van der Waals surface area contributed by atoms with Crippen molar-refractivity contribution in [2.45, 2.75) is 19.4 Å². The highest BCUT2D eigenvalue weighted by atomic mass is 16.5. The second kappa shape index (κ2) is 5.87. The minimum atomic E-state index is 0.572. The number of hydrogen-bond acceptors (Lipinski definition) is 3. The van der Waals surface area contributed by atoms with Crippen LogP contribution >= 0.6 is 0 Å². The van der Waals surface area contributed by atoms with Crippen LogP contribution in [0.15, 0.2) is 42.5 Å². The normalized spacial score (nSPS) is 13.2. The molecule has 0 saturated heterocycles. The fourth-order valence-corrected chi connectivity index (χ4v) is 2.46. The average molecular weight is 269 g/mol. The van der Waals surface area contributed by atoms with Crippen LogP contribution in [-0.4, -0.2) is 13.7 Å². The molecule has 0 aromatic heterocycles. The Morgan fingerprint density at radius 3 is 2.90 bits per heavy atom. The monoisotopic (exact) mass is 269 g/mol. The molecule has 0 fully saturated rings. The van der Waals surface area contributed by atoms with E-state index in [1.54, 1.807) is 7.11 Å². The van der Waals surface area contributed by atoms with Crippen LogP contribution in [0.1, 0.15) is 17.5 Å². The minimum absolute atomic E-state index is 0.572. The maximum absolute atomic E-state index is 5.82. The maximum atomic E-state index is 5.82. The Balaban J connectivity index is 1.68. The number of rotatable bonds is 4. The van der Waals surface area contributed by atoms with Crippen LogP contribution < -0.4 is 14.8 Å².